The Morgan fingerprint density at radius 3 is 2.43 bits per heavy atom. The number of carbonyl (C=O) groups is 1. The molecule has 4 bridgehead atoms. The average Bonchev–Trinajstić information content (AvgIpc) is 3.14. The molecule has 6 heteroatoms. The first-order valence-corrected chi connectivity index (χ1v) is 13.2. The SMILES string of the molecule is CC1=C2O[13C@]3(O)C=C2C(=C(O)C1=O)[C@@H]1O[13C@H](CC[C@@H](C)/[13CH]=C(\C)[13CH2][C@@H](C)[13CH2][C@H]3C)[C@H](C)[13C@H](O)[C@H]1C. The molecule has 6 nitrogen and oxygen atoms in total. The highest BCUT2D eigenvalue weighted by molar-refractivity contribution is 6.10. The predicted molar refractivity (Wildman–Crippen MR) is 134 cm³/mol. The lowest BCUT2D eigenvalue weighted by Gasteiger charge is -2.44. The number of fused-ring (bicyclic) bond motifs is 4. The van der Waals surface area contributed by atoms with Crippen LogP contribution in [-0.2, 0) is 14.3 Å². The van der Waals surface area contributed by atoms with Crippen LogP contribution in [0.2, 0.25) is 0 Å². The first kappa shape index (κ1) is 26.2. The number of ether oxygens (including phenoxy) is 2. The van der Waals surface area contributed by atoms with Crippen molar-refractivity contribution in [1.82, 2.24) is 0 Å². The van der Waals surface area contributed by atoms with Gasteiger partial charge in [-0.25, -0.2) is 0 Å². The zero-order valence-electron chi connectivity index (χ0n) is 22.2. The van der Waals surface area contributed by atoms with Crippen LogP contribution in [0.5, 0.6) is 0 Å². The van der Waals surface area contributed by atoms with Gasteiger partial charge in [0.2, 0.25) is 11.6 Å². The maximum Gasteiger partial charge on any atom is 0.231 e. The molecule has 0 unspecified atom stereocenters. The maximum absolute atomic E-state index is 13.0. The fourth-order valence-electron chi connectivity index (χ4n) is 6.51. The zero-order chi connectivity index (χ0) is 25.8. The Balaban J connectivity index is 1.83. The first-order chi connectivity index (χ1) is 16.3. The van der Waals surface area contributed by atoms with Gasteiger partial charge in [0, 0.05) is 34.5 Å². The van der Waals surface area contributed by atoms with E-state index in [9.17, 15) is 20.1 Å². The van der Waals surface area contributed by atoms with Crippen molar-refractivity contribution >= 4 is 5.78 Å². The number of rotatable bonds is 0. The van der Waals surface area contributed by atoms with Crippen molar-refractivity contribution in [3.05, 3.63) is 46.0 Å². The van der Waals surface area contributed by atoms with E-state index in [0.29, 0.717) is 28.7 Å². The summed E-state index contributed by atoms with van der Waals surface area (Å²) in [6.07, 6.45) is 5.76. The molecule has 9 atom stereocenters. The highest BCUT2D eigenvalue weighted by Gasteiger charge is 2.51. The normalized spacial score (nSPS) is 44.5. The second-order valence-electron chi connectivity index (χ2n) is 11.8. The van der Waals surface area contributed by atoms with Crippen LogP contribution < -0.4 is 0 Å². The number of aliphatic hydroxyl groups is 3. The lowest BCUT2D eigenvalue weighted by molar-refractivity contribution is -0.164. The van der Waals surface area contributed by atoms with E-state index in [-0.39, 0.29) is 35.2 Å². The molecule has 4 rings (SSSR count). The molecule has 194 valence electrons. The van der Waals surface area contributed by atoms with E-state index >= 15 is 0 Å². The molecule has 3 aliphatic heterocycles. The lowest BCUT2D eigenvalue weighted by atomic mass is 9.84. The minimum atomic E-state index is -1.60. The molecule has 0 aromatic carbocycles. The number of hydrogen-bond donors (Lipinski definition) is 3. The number of allylic oxidation sites excluding steroid dienone is 4. The summed E-state index contributed by atoms with van der Waals surface area (Å²) in [7, 11) is 0. The second-order valence-corrected chi connectivity index (χ2v) is 11.8. The summed E-state index contributed by atoms with van der Waals surface area (Å²) in [5, 5.41) is 33.8. The van der Waals surface area contributed by atoms with Gasteiger partial charge in [-0.1, -0.05) is 46.3 Å². The van der Waals surface area contributed by atoms with E-state index in [2.05, 4.69) is 26.8 Å². The van der Waals surface area contributed by atoms with E-state index in [0.717, 1.165) is 25.7 Å². The smallest absolute Gasteiger partial charge is 0.231 e. The van der Waals surface area contributed by atoms with Crippen LogP contribution in [0.3, 0.4) is 0 Å². The molecule has 1 aliphatic carbocycles. The van der Waals surface area contributed by atoms with Crippen molar-refractivity contribution in [2.75, 3.05) is 0 Å². The Hall–Kier alpha value is -1.89. The monoisotopic (exact) mass is 492 g/mol. The summed E-state index contributed by atoms with van der Waals surface area (Å²) >= 11 is 0. The molecule has 4 aliphatic rings. The molecule has 0 radical (unpaired) electrons. The highest BCUT2D eigenvalue weighted by Crippen LogP contribution is 2.49. The molecular formula is C29H42O6. The molecule has 3 heterocycles. The summed E-state index contributed by atoms with van der Waals surface area (Å²) < 4.78 is 12.7. The number of carbonyl (C=O) groups excluding carboxylic acids is 1. The van der Waals surface area contributed by atoms with E-state index in [4.69, 9.17) is 9.47 Å². The molecular weight excluding hydrogens is 450 g/mol. The van der Waals surface area contributed by atoms with Gasteiger partial charge in [0.25, 0.3) is 0 Å². The molecule has 0 saturated carbocycles. The van der Waals surface area contributed by atoms with Gasteiger partial charge in [-0.05, 0) is 57.4 Å². The van der Waals surface area contributed by atoms with Gasteiger partial charge in [0.15, 0.2) is 5.76 Å². The van der Waals surface area contributed by atoms with Gasteiger partial charge in [-0.3, -0.25) is 4.79 Å². The summed E-state index contributed by atoms with van der Waals surface area (Å²) in [5.74, 6) is -2.16. The van der Waals surface area contributed by atoms with E-state index in [1.165, 1.54) is 5.57 Å². The van der Waals surface area contributed by atoms with Crippen LogP contribution in [0.25, 0.3) is 0 Å². The van der Waals surface area contributed by atoms with Gasteiger partial charge in [-0.15, -0.1) is 0 Å². The van der Waals surface area contributed by atoms with E-state index in [1.54, 1.807) is 13.0 Å². The van der Waals surface area contributed by atoms with Gasteiger partial charge in [-0.2, -0.15) is 0 Å². The third kappa shape index (κ3) is 4.65. The van der Waals surface area contributed by atoms with Crippen LogP contribution in [-0.4, -0.2) is 45.2 Å². The van der Waals surface area contributed by atoms with Crippen LogP contribution >= 0.6 is 0 Å². The van der Waals surface area contributed by atoms with Gasteiger partial charge >= 0.3 is 0 Å². The fourth-order valence-corrected chi connectivity index (χ4v) is 6.51. The Morgan fingerprint density at radius 1 is 1.06 bits per heavy atom. The summed E-state index contributed by atoms with van der Waals surface area (Å²) in [6.45, 7) is 14.0. The summed E-state index contributed by atoms with van der Waals surface area (Å²) in [4.78, 5) is 13.0. The fraction of sp³-hybridized carbons (Fsp3) is 0.690. The molecule has 1 saturated heterocycles. The number of ketones is 1. The average molecular weight is 493 g/mol. The third-order valence-electron chi connectivity index (χ3n) is 8.66. The molecule has 3 N–H and O–H groups in total. The number of Topliss-reactive ketones (excluding diaryl/α,β-unsaturated/α-hetero) is 1. The van der Waals surface area contributed by atoms with Crippen LogP contribution in [0.4, 0.5) is 0 Å². The van der Waals surface area contributed by atoms with Crippen LogP contribution in [0.15, 0.2) is 46.0 Å². The Kier molecular flexibility index (Phi) is 7.13. The summed E-state index contributed by atoms with van der Waals surface area (Å²) in [6, 6.07) is 0. The maximum atomic E-state index is 13.0. The van der Waals surface area contributed by atoms with Crippen molar-refractivity contribution < 1.29 is 29.6 Å². The van der Waals surface area contributed by atoms with Crippen molar-refractivity contribution in [3.63, 3.8) is 0 Å². The number of hydrogen-bond acceptors (Lipinski definition) is 6. The molecule has 0 aromatic heterocycles. The Morgan fingerprint density at radius 2 is 1.74 bits per heavy atom. The standard InChI is InChI=1S/C29H42O6/c1-14-8-9-22-18(5)24(30)19(6)28(34-22)23-21-13-29(33,17(4)12-16(3)11-15(2)10-14)35-27(21)20(7)25(31)26(23)32/h10,13-14,16-19,22,24,28,30,32-33H,8-9,11-12H2,1-7H3/b15-10+/t14-,16-,17-,18+,19-,22-,24+,28-,29-/m1/s1/i10+1,11+1,12+1,22+1,24+1,29+1. The second kappa shape index (κ2) is 9.53. The lowest BCUT2D eigenvalue weighted by Crippen LogP contribution is -2.50. The van der Waals surface area contributed by atoms with Crippen LogP contribution in [0, 0.1) is 29.6 Å². The Labute approximate surface area is 209 Å². The van der Waals surface area contributed by atoms with Gasteiger partial charge < -0.3 is 24.8 Å². The Bertz CT molecular complexity index is 1000. The predicted octanol–water partition coefficient (Wildman–Crippen LogP) is 5.13. The van der Waals surface area contributed by atoms with E-state index in [1.807, 2.05) is 20.8 Å². The minimum Gasteiger partial charge on any atom is -0.504 e. The van der Waals surface area contributed by atoms with Gasteiger partial charge in [0.05, 0.1) is 18.3 Å². The molecule has 0 spiro atoms. The minimum absolute atomic E-state index is 0.0815. The summed E-state index contributed by atoms with van der Waals surface area (Å²) in [5.41, 5.74) is 2.44. The molecule has 1 fully saturated rings. The third-order valence-corrected chi connectivity index (χ3v) is 8.66. The molecule has 0 amide bonds. The topological polar surface area (TPSA) is 96.2 Å². The highest BCUT2D eigenvalue weighted by atomic mass is 16.7. The zero-order valence-corrected chi connectivity index (χ0v) is 22.2. The van der Waals surface area contributed by atoms with Crippen molar-refractivity contribution in [2.45, 2.75) is 98.2 Å². The first-order valence-electron chi connectivity index (χ1n) is 13.2. The molecule has 0 aromatic rings. The van der Waals surface area contributed by atoms with Crippen molar-refractivity contribution in [1.29, 1.82) is 0 Å². The largest absolute Gasteiger partial charge is 0.504 e. The van der Waals surface area contributed by atoms with Crippen LogP contribution in [0.1, 0.15) is 74.1 Å². The molecule has 35 heavy (non-hydrogen) atoms. The quantitative estimate of drug-likeness (QED) is 0.321. The van der Waals surface area contributed by atoms with E-state index < -0.39 is 23.8 Å². The van der Waals surface area contributed by atoms with Crippen molar-refractivity contribution in [3.8, 4) is 0 Å². The van der Waals surface area contributed by atoms with Gasteiger partial charge in [0.1, 0.15) is 5.76 Å². The van der Waals surface area contributed by atoms with Crippen molar-refractivity contribution in [2.24, 2.45) is 29.6 Å². The number of aliphatic hydroxyl groups excluding tert-OH is 2.